The Kier molecular flexibility index (Phi) is 5.37. The Morgan fingerprint density at radius 2 is 1.58 bits per heavy atom. The van der Waals surface area contributed by atoms with Gasteiger partial charge in [-0.25, -0.2) is 0 Å². The maximum absolute atomic E-state index is 14.3. The van der Waals surface area contributed by atoms with Crippen LogP contribution in [0.4, 0.5) is 0 Å². The van der Waals surface area contributed by atoms with Crippen LogP contribution >= 0.6 is 0 Å². The number of Topliss-reactive ketones (excluding diaryl/α,β-unsaturated/α-hetero) is 2. The lowest BCUT2D eigenvalue weighted by atomic mass is 9.33. The molecule has 6 heteroatoms. The molecule has 0 spiro atoms. The number of rotatable bonds is 1. The third kappa shape index (κ3) is 2.70. The topological polar surface area (TPSA) is 112 Å². The summed E-state index contributed by atoms with van der Waals surface area (Å²) in [6.07, 6.45) is 3.21. The van der Waals surface area contributed by atoms with Gasteiger partial charge < -0.3 is 15.3 Å². The number of fused-ring (bicyclic) bond motifs is 7. The Balaban J connectivity index is 1.71. The molecular weight excluding hydrogens is 456 g/mol. The van der Waals surface area contributed by atoms with Crippen LogP contribution in [0.25, 0.3) is 0 Å². The van der Waals surface area contributed by atoms with E-state index in [-0.39, 0.29) is 41.0 Å². The molecule has 36 heavy (non-hydrogen) atoms. The summed E-state index contributed by atoms with van der Waals surface area (Å²) >= 11 is 0. The largest absolute Gasteiger partial charge is 0.504 e. The van der Waals surface area contributed by atoms with Crippen molar-refractivity contribution in [3.05, 3.63) is 11.3 Å². The van der Waals surface area contributed by atoms with Gasteiger partial charge in [-0.05, 0) is 90.9 Å². The number of aliphatic hydroxyl groups is 2. The SMILES string of the molecule is C[C@H]1[C@H](C)CC(=O)[C@]2(C)CC[C@]3(C)C(=C(O)C(=O)[C@@H]4[C@@]5(C)CC[C@H](O)[C@](C)(C(=O)O)[C@@H]5CC[C@]43C)[C@H]12. The van der Waals surface area contributed by atoms with Gasteiger partial charge >= 0.3 is 5.97 Å². The van der Waals surface area contributed by atoms with Crippen molar-refractivity contribution >= 4 is 17.5 Å². The Bertz CT molecular complexity index is 1080. The first-order valence-corrected chi connectivity index (χ1v) is 13.9. The maximum Gasteiger partial charge on any atom is 0.312 e. The summed E-state index contributed by atoms with van der Waals surface area (Å²) in [7, 11) is 0. The minimum Gasteiger partial charge on any atom is -0.504 e. The van der Waals surface area contributed by atoms with Gasteiger partial charge in [0.1, 0.15) is 5.78 Å². The molecule has 0 amide bonds. The standard InChI is InChI=1S/C30H44O6/c1-15-14-19(32)27(4)12-13-28(5)21(20(27)16(15)2)22(33)23(34)24-26(3)10-9-18(31)30(7,25(35)36)17(26)8-11-29(24,28)6/h15-18,20,24,31,33H,8-14H2,1-7H3,(H,35,36)/t15-,16+,17-,18+,20+,24-,26+,27+,28-,29-,30-/m1/s1. The second-order valence-electron chi connectivity index (χ2n) is 14.4. The first kappa shape index (κ1) is 25.9. The zero-order chi connectivity index (χ0) is 26.8. The van der Waals surface area contributed by atoms with Gasteiger partial charge in [0.2, 0.25) is 5.78 Å². The van der Waals surface area contributed by atoms with E-state index in [2.05, 4.69) is 27.7 Å². The van der Waals surface area contributed by atoms with E-state index in [0.29, 0.717) is 32.1 Å². The monoisotopic (exact) mass is 500 g/mol. The van der Waals surface area contributed by atoms with Crippen LogP contribution in [0.2, 0.25) is 0 Å². The molecule has 0 saturated heterocycles. The van der Waals surface area contributed by atoms with Gasteiger partial charge in [-0.15, -0.1) is 0 Å². The van der Waals surface area contributed by atoms with Gasteiger partial charge in [0.05, 0.1) is 11.5 Å². The van der Waals surface area contributed by atoms with Gasteiger partial charge in [0.25, 0.3) is 0 Å². The number of allylic oxidation sites excluding steroid dienone is 2. The van der Waals surface area contributed by atoms with Crippen molar-refractivity contribution in [3.8, 4) is 0 Å². The maximum atomic E-state index is 14.3. The Morgan fingerprint density at radius 1 is 0.944 bits per heavy atom. The number of ketones is 2. The highest BCUT2D eigenvalue weighted by Crippen LogP contribution is 2.75. The van der Waals surface area contributed by atoms with Crippen molar-refractivity contribution in [2.24, 2.45) is 56.7 Å². The number of carboxylic acids is 1. The number of hydrogen-bond donors (Lipinski definition) is 3. The molecule has 0 aromatic rings. The molecule has 0 radical (unpaired) electrons. The second kappa shape index (κ2) is 7.45. The Labute approximate surface area is 214 Å². The van der Waals surface area contributed by atoms with Crippen molar-refractivity contribution in [1.29, 1.82) is 0 Å². The van der Waals surface area contributed by atoms with Crippen LogP contribution in [0, 0.1) is 56.7 Å². The van der Waals surface area contributed by atoms with E-state index in [0.717, 1.165) is 18.4 Å². The summed E-state index contributed by atoms with van der Waals surface area (Å²) in [5.41, 5.74) is -2.69. The number of carbonyl (C=O) groups excluding carboxylic acids is 2. The van der Waals surface area contributed by atoms with E-state index >= 15 is 0 Å². The average molecular weight is 501 g/mol. The zero-order valence-corrected chi connectivity index (χ0v) is 23.0. The Hall–Kier alpha value is -1.69. The molecule has 0 unspecified atom stereocenters. The molecule has 200 valence electrons. The number of carboxylic acid groups (broad SMARTS) is 1. The first-order chi connectivity index (χ1) is 16.5. The molecule has 11 atom stereocenters. The second-order valence-corrected chi connectivity index (χ2v) is 14.4. The molecule has 0 aliphatic heterocycles. The summed E-state index contributed by atoms with van der Waals surface area (Å²) in [5.74, 6) is -1.91. The highest BCUT2D eigenvalue weighted by molar-refractivity contribution is 5.99. The van der Waals surface area contributed by atoms with Crippen molar-refractivity contribution in [3.63, 3.8) is 0 Å². The summed E-state index contributed by atoms with van der Waals surface area (Å²) in [6.45, 7) is 14.4. The van der Waals surface area contributed by atoms with E-state index in [1.807, 2.05) is 13.8 Å². The highest BCUT2D eigenvalue weighted by atomic mass is 16.4. The average Bonchev–Trinajstić information content (AvgIpc) is 2.79. The molecule has 5 rings (SSSR count). The molecule has 6 nitrogen and oxygen atoms in total. The van der Waals surface area contributed by atoms with E-state index in [9.17, 15) is 29.7 Å². The summed E-state index contributed by atoms with van der Waals surface area (Å²) in [5, 5.41) is 32.9. The first-order valence-electron chi connectivity index (χ1n) is 13.9. The van der Waals surface area contributed by atoms with Crippen LogP contribution in [0.1, 0.15) is 93.4 Å². The molecule has 0 aromatic heterocycles. The third-order valence-electron chi connectivity index (χ3n) is 13.2. The number of aliphatic carboxylic acids is 1. The van der Waals surface area contributed by atoms with Gasteiger partial charge in [0.15, 0.2) is 5.76 Å². The van der Waals surface area contributed by atoms with Crippen molar-refractivity contribution < 1.29 is 29.7 Å². The lowest BCUT2D eigenvalue weighted by Crippen LogP contribution is -2.69. The molecule has 3 N–H and O–H groups in total. The van der Waals surface area contributed by atoms with E-state index in [1.54, 1.807) is 6.92 Å². The third-order valence-corrected chi connectivity index (χ3v) is 13.2. The predicted molar refractivity (Wildman–Crippen MR) is 135 cm³/mol. The van der Waals surface area contributed by atoms with Crippen LogP contribution in [0.3, 0.4) is 0 Å². The van der Waals surface area contributed by atoms with E-state index in [4.69, 9.17) is 0 Å². The van der Waals surface area contributed by atoms with E-state index in [1.165, 1.54) is 0 Å². The van der Waals surface area contributed by atoms with Crippen LogP contribution in [0.15, 0.2) is 11.3 Å². The molecule has 5 aliphatic carbocycles. The summed E-state index contributed by atoms with van der Waals surface area (Å²) in [6, 6.07) is 0. The van der Waals surface area contributed by atoms with Crippen LogP contribution < -0.4 is 0 Å². The van der Waals surface area contributed by atoms with Crippen LogP contribution in [0.5, 0.6) is 0 Å². The highest BCUT2D eigenvalue weighted by Gasteiger charge is 2.73. The fourth-order valence-corrected chi connectivity index (χ4v) is 10.5. The predicted octanol–water partition coefficient (Wildman–Crippen LogP) is 5.33. The summed E-state index contributed by atoms with van der Waals surface area (Å²) in [4.78, 5) is 40.2. The van der Waals surface area contributed by atoms with Gasteiger partial charge in [0, 0.05) is 17.8 Å². The van der Waals surface area contributed by atoms with Gasteiger partial charge in [-0.3, -0.25) is 14.4 Å². The molecule has 0 aromatic carbocycles. The van der Waals surface area contributed by atoms with E-state index < -0.39 is 45.1 Å². The molecule has 4 fully saturated rings. The Morgan fingerprint density at radius 3 is 2.19 bits per heavy atom. The van der Waals surface area contributed by atoms with Crippen molar-refractivity contribution in [2.75, 3.05) is 0 Å². The number of aliphatic hydroxyl groups excluding tert-OH is 2. The molecule has 0 heterocycles. The zero-order valence-electron chi connectivity index (χ0n) is 23.0. The van der Waals surface area contributed by atoms with Crippen LogP contribution in [-0.2, 0) is 14.4 Å². The minimum absolute atomic E-state index is 0.158. The molecule has 0 bridgehead atoms. The number of carbonyl (C=O) groups is 3. The molecular formula is C30H44O6. The van der Waals surface area contributed by atoms with Gasteiger partial charge in [-0.2, -0.15) is 0 Å². The smallest absolute Gasteiger partial charge is 0.312 e. The quantitative estimate of drug-likeness (QED) is 0.448. The summed E-state index contributed by atoms with van der Waals surface area (Å²) < 4.78 is 0. The van der Waals surface area contributed by atoms with Crippen molar-refractivity contribution in [1.82, 2.24) is 0 Å². The number of hydrogen-bond acceptors (Lipinski definition) is 5. The lowest BCUT2D eigenvalue weighted by Gasteiger charge is -2.70. The molecule has 4 saturated carbocycles. The van der Waals surface area contributed by atoms with Crippen molar-refractivity contribution in [2.45, 2.75) is 99.5 Å². The molecule has 5 aliphatic rings. The fraction of sp³-hybridized carbons (Fsp3) is 0.833. The fourth-order valence-electron chi connectivity index (χ4n) is 10.5. The normalized spacial score (nSPS) is 54.8. The minimum atomic E-state index is -1.33. The van der Waals surface area contributed by atoms with Crippen LogP contribution in [-0.4, -0.2) is 39.0 Å². The lowest BCUT2D eigenvalue weighted by molar-refractivity contribution is -0.217. The van der Waals surface area contributed by atoms with Gasteiger partial charge in [-0.1, -0.05) is 41.5 Å².